The van der Waals surface area contributed by atoms with Crippen LogP contribution in [-0.4, -0.2) is 41.7 Å². The number of thioether (sulfide) groups is 1. The lowest BCUT2D eigenvalue weighted by Crippen LogP contribution is -2.50. The third-order valence-electron chi connectivity index (χ3n) is 5.09. The van der Waals surface area contributed by atoms with Crippen LogP contribution in [0.1, 0.15) is 38.3 Å². The van der Waals surface area contributed by atoms with Crippen molar-refractivity contribution in [3.05, 3.63) is 64.7 Å². The van der Waals surface area contributed by atoms with E-state index in [0.29, 0.717) is 23.1 Å². The van der Waals surface area contributed by atoms with Gasteiger partial charge in [0.2, 0.25) is 11.8 Å². The molecule has 0 aliphatic rings. The standard InChI is InChI=1S/C24H31ClN2O3S/c1-5-17(2)26-24(29)18(3)27(14-19-8-12-22(30-4)13-9-19)23(28)16-31-15-20-6-10-21(25)11-7-20/h6-13,17-18H,5,14-16H2,1-4H3,(H,26,29)/t17-,18+/m1/s1. The van der Waals surface area contributed by atoms with E-state index in [9.17, 15) is 9.59 Å². The first-order valence-corrected chi connectivity index (χ1v) is 11.9. The van der Waals surface area contributed by atoms with Crippen LogP contribution in [0.4, 0.5) is 0 Å². The summed E-state index contributed by atoms with van der Waals surface area (Å²) in [5.41, 5.74) is 2.05. The number of rotatable bonds is 11. The Labute approximate surface area is 194 Å². The lowest BCUT2D eigenvalue weighted by Gasteiger charge is -2.29. The summed E-state index contributed by atoms with van der Waals surface area (Å²) >= 11 is 7.46. The van der Waals surface area contributed by atoms with Crippen molar-refractivity contribution in [3.63, 3.8) is 0 Å². The first kappa shape index (κ1) is 25.1. The van der Waals surface area contributed by atoms with Crippen molar-refractivity contribution in [3.8, 4) is 5.75 Å². The monoisotopic (exact) mass is 462 g/mol. The second kappa shape index (κ2) is 12.6. The number of hydrogen-bond donors (Lipinski definition) is 1. The molecule has 0 saturated carbocycles. The fourth-order valence-corrected chi connectivity index (χ4v) is 3.89. The largest absolute Gasteiger partial charge is 0.497 e. The highest BCUT2D eigenvalue weighted by Crippen LogP contribution is 2.19. The third kappa shape index (κ3) is 8.11. The van der Waals surface area contributed by atoms with Crippen LogP contribution in [0.15, 0.2) is 48.5 Å². The van der Waals surface area contributed by atoms with Crippen LogP contribution in [0.2, 0.25) is 5.02 Å². The molecule has 0 aromatic heterocycles. The van der Waals surface area contributed by atoms with E-state index < -0.39 is 6.04 Å². The van der Waals surface area contributed by atoms with Crippen molar-refractivity contribution in [1.29, 1.82) is 0 Å². The second-order valence-corrected chi connectivity index (χ2v) is 8.90. The predicted octanol–water partition coefficient (Wildman–Crippen LogP) is 4.91. The maximum Gasteiger partial charge on any atom is 0.242 e. The summed E-state index contributed by atoms with van der Waals surface area (Å²) in [6.07, 6.45) is 0.835. The second-order valence-electron chi connectivity index (χ2n) is 7.48. The molecule has 1 N–H and O–H groups in total. The minimum absolute atomic E-state index is 0.0622. The van der Waals surface area contributed by atoms with Crippen LogP contribution in [0.5, 0.6) is 5.75 Å². The van der Waals surface area contributed by atoms with Gasteiger partial charge in [0.15, 0.2) is 0 Å². The molecule has 2 aromatic rings. The summed E-state index contributed by atoms with van der Waals surface area (Å²) in [5, 5.41) is 3.68. The third-order valence-corrected chi connectivity index (χ3v) is 6.33. The number of benzene rings is 2. The molecule has 2 atom stereocenters. The highest BCUT2D eigenvalue weighted by molar-refractivity contribution is 7.99. The molecule has 0 unspecified atom stereocenters. The summed E-state index contributed by atoms with van der Waals surface area (Å²) in [6, 6.07) is 14.6. The van der Waals surface area contributed by atoms with Gasteiger partial charge in [-0.3, -0.25) is 9.59 Å². The van der Waals surface area contributed by atoms with Crippen LogP contribution in [0.3, 0.4) is 0 Å². The van der Waals surface area contributed by atoms with Gasteiger partial charge >= 0.3 is 0 Å². The molecule has 5 nitrogen and oxygen atoms in total. The Balaban J connectivity index is 2.07. The average molecular weight is 463 g/mol. The number of hydrogen-bond acceptors (Lipinski definition) is 4. The lowest BCUT2D eigenvalue weighted by atomic mass is 10.1. The molecule has 0 spiro atoms. The predicted molar refractivity (Wildman–Crippen MR) is 129 cm³/mol. The van der Waals surface area contributed by atoms with Gasteiger partial charge in [0, 0.05) is 23.4 Å². The maximum atomic E-state index is 13.1. The molecule has 0 radical (unpaired) electrons. The molecule has 168 valence electrons. The van der Waals surface area contributed by atoms with Gasteiger partial charge in [-0.1, -0.05) is 42.8 Å². The van der Waals surface area contributed by atoms with Gasteiger partial charge in [-0.25, -0.2) is 0 Å². The Morgan fingerprint density at radius 1 is 1.06 bits per heavy atom. The van der Waals surface area contributed by atoms with Crippen LogP contribution in [0, 0.1) is 0 Å². The SMILES string of the molecule is CC[C@@H](C)NC(=O)[C@H](C)N(Cc1ccc(OC)cc1)C(=O)CSCc1ccc(Cl)cc1. The summed E-state index contributed by atoms with van der Waals surface area (Å²) in [7, 11) is 1.62. The van der Waals surface area contributed by atoms with Gasteiger partial charge in [-0.2, -0.15) is 0 Å². The van der Waals surface area contributed by atoms with Gasteiger partial charge in [-0.15, -0.1) is 11.8 Å². The molecule has 0 heterocycles. The summed E-state index contributed by atoms with van der Waals surface area (Å²) in [4.78, 5) is 27.5. The Morgan fingerprint density at radius 3 is 2.26 bits per heavy atom. The molecule has 7 heteroatoms. The molecule has 2 amide bonds. The number of amides is 2. The molecule has 2 rings (SSSR count). The Bertz CT molecular complexity index is 843. The number of halogens is 1. The van der Waals surface area contributed by atoms with E-state index in [2.05, 4.69) is 5.32 Å². The Morgan fingerprint density at radius 2 is 1.68 bits per heavy atom. The molecule has 0 fully saturated rings. The van der Waals surface area contributed by atoms with Crippen molar-refractivity contribution >= 4 is 35.2 Å². The minimum atomic E-state index is -0.570. The number of nitrogens with one attached hydrogen (secondary N) is 1. The van der Waals surface area contributed by atoms with Crippen LogP contribution in [0.25, 0.3) is 0 Å². The number of ether oxygens (including phenoxy) is 1. The molecular formula is C24H31ClN2O3S. The van der Waals surface area contributed by atoms with E-state index in [1.807, 2.05) is 62.4 Å². The summed E-state index contributed by atoms with van der Waals surface area (Å²) < 4.78 is 5.21. The molecule has 31 heavy (non-hydrogen) atoms. The number of nitrogens with zero attached hydrogens (tertiary/aromatic N) is 1. The van der Waals surface area contributed by atoms with Crippen molar-refractivity contribution in [1.82, 2.24) is 10.2 Å². The van der Waals surface area contributed by atoms with E-state index in [0.717, 1.165) is 23.3 Å². The van der Waals surface area contributed by atoms with Gasteiger partial charge in [-0.05, 0) is 55.7 Å². The molecule has 0 saturated heterocycles. The van der Waals surface area contributed by atoms with Gasteiger partial charge in [0.1, 0.15) is 11.8 Å². The zero-order valence-corrected chi connectivity index (χ0v) is 20.1. The quantitative estimate of drug-likeness (QED) is 0.515. The zero-order chi connectivity index (χ0) is 22.8. The minimum Gasteiger partial charge on any atom is -0.497 e. The van der Waals surface area contributed by atoms with Gasteiger partial charge in [0.25, 0.3) is 0 Å². The highest BCUT2D eigenvalue weighted by atomic mass is 35.5. The van der Waals surface area contributed by atoms with Crippen LogP contribution >= 0.6 is 23.4 Å². The van der Waals surface area contributed by atoms with Gasteiger partial charge in [0.05, 0.1) is 12.9 Å². The van der Waals surface area contributed by atoms with E-state index >= 15 is 0 Å². The molecular weight excluding hydrogens is 432 g/mol. The maximum absolute atomic E-state index is 13.1. The smallest absolute Gasteiger partial charge is 0.242 e. The normalized spacial score (nSPS) is 12.7. The van der Waals surface area contributed by atoms with Gasteiger partial charge < -0.3 is 15.0 Å². The van der Waals surface area contributed by atoms with Crippen molar-refractivity contribution in [2.75, 3.05) is 12.9 Å². The Hall–Kier alpha value is -2.18. The summed E-state index contributed by atoms with van der Waals surface area (Å²) in [5.74, 6) is 1.54. The zero-order valence-electron chi connectivity index (χ0n) is 18.6. The topological polar surface area (TPSA) is 58.6 Å². The fraction of sp³-hybridized carbons (Fsp3) is 0.417. The first-order valence-electron chi connectivity index (χ1n) is 10.4. The average Bonchev–Trinajstić information content (AvgIpc) is 2.78. The Kier molecular flexibility index (Phi) is 10.2. The lowest BCUT2D eigenvalue weighted by molar-refractivity contribution is -0.138. The van der Waals surface area contributed by atoms with Crippen molar-refractivity contribution in [2.45, 2.75) is 51.6 Å². The summed E-state index contributed by atoms with van der Waals surface area (Å²) in [6.45, 7) is 6.12. The van der Waals surface area contributed by atoms with Crippen LogP contribution < -0.4 is 10.1 Å². The van der Waals surface area contributed by atoms with Crippen LogP contribution in [-0.2, 0) is 21.9 Å². The number of carbonyl (C=O) groups is 2. The van der Waals surface area contributed by atoms with E-state index in [4.69, 9.17) is 16.3 Å². The van der Waals surface area contributed by atoms with E-state index in [1.54, 1.807) is 18.9 Å². The first-order chi connectivity index (χ1) is 14.8. The van der Waals surface area contributed by atoms with Crippen molar-refractivity contribution in [2.24, 2.45) is 0 Å². The highest BCUT2D eigenvalue weighted by Gasteiger charge is 2.26. The number of carbonyl (C=O) groups excluding carboxylic acids is 2. The van der Waals surface area contributed by atoms with E-state index in [1.165, 1.54) is 11.8 Å². The molecule has 0 bridgehead atoms. The molecule has 0 aliphatic carbocycles. The molecule has 0 aliphatic heterocycles. The van der Waals surface area contributed by atoms with Crippen molar-refractivity contribution < 1.29 is 14.3 Å². The number of methoxy groups -OCH3 is 1. The van der Waals surface area contributed by atoms with E-state index in [-0.39, 0.29) is 17.9 Å². The fourth-order valence-electron chi connectivity index (χ4n) is 2.90. The molecule has 2 aromatic carbocycles.